The van der Waals surface area contributed by atoms with Crippen molar-refractivity contribution in [2.45, 2.75) is 44.0 Å². The molecule has 212 valence electrons. The molecule has 1 aliphatic heterocycles. The topological polar surface area (TPSA) is 104 Å². The third kappa shape index (κ3) is 8.09. The molecule has 1 aromatic heterocycles. The lowest BCUT2D eigenvalue weighted by atomic mass is 9.93. The van der Waals surface area contributed by atoms with Gasteiger partial charge in [-0.15, -0.1) is 5.10 Å². The minimum Gasteiger partial charge on any atom is -0.368 e. The molecule has 0 bridgehead atoms. The van der Waals surface area contributed by atoms with Crippen LogP contribution < -0.4 is 10.2 Å². The van der Waals surface area contributed by atoms with Crippen LogP contribution in [0.1, 0.15) is 31.2 Å². The molecule has 39 heavy (non-hydrogen) atoms. The molecule has 2 heterocycles. The second-order valence-electron chi connectivity index (χ2n) is 10.1. The lowest BCUT2D eigenvalue weighted by Gasteiger charge is -2.35. The minimum absolute atomic E-state index is 0.0159. The van der Waals surface area contributed by atoms with Crippen molar-refractivity contribution in [1.29, 1.82) is 0 Å². The summed E-state index contributed by atoms with van der Waals surface area (Å²) in [6.07, 6.45) is 0.334. The second-order valence-corrected chi connectivity index (χ2v) is 10.1. The van der Waals surface area contributed by atoms with E-state index in [-0.39, 0.29) is 30.6 Å². The molecule has 1 aromatic carbocycles. The maximum Gasteiger partial charge on any atom is 0.416 e. The first-order valence-corrected chi connectivity index (χ1v) is 13.0. The molecule has 2 fully saturated rings. The molecule has 1 aliphatic carbocycles. The van der Waals surface area contributed by atoms with E-state index in [1.165, 1.54) is 23.2 Å². The van der Waals surface area contributed by atoms with Gasteiger partial charge in [-0.1, -0.05) is 12.1 Å². The van der Waals surface area contributed by atoms with Gasteiger partial charge in [0.05, 0.1) is 30.1 Å². The average molecular weight is 550 g/mol. The Bertz CT molecular complexity index is 1110. The average Bonchev–Trinajstić information content (AvgIpc) is 2.92. The Morgan fingerprint density at radius 2 is 1.72 bits per heavy atom. The molecule has 13 heteroatoms. The zero-order valence-corrected chi connectivity index (χ0v) is 22.2. The second kappa shape index (κ2) is 12.7. The molecule has 0 atom stereocenters. The largest absolute Gasteiger partial charge is 0.416 e. The van der Waals surface area contributed by atoms with Crippen LogP contribution in [0.3, 0.4) is 0 Å². The van der Waals surface area contributed by atoms with Crippen molar-refractivity contribution in [2.75, 3.05) is 58.3 Å². The van der Waals surface area contributed by atoms with Gasteiger partial charge in [0.25, 0.3) is 0 Å². The highest BCUT2D eigenvalue weighted by Gasteiger charge is 2.30. The Labute approximate surface area is 225 Å². The van der Waals surface area contributed by atoms with Gasteiger partial charge in [-0.2, -0.15) is 18.3 Å². The van der Waals surface area contributed by atoms with Gasteiger partial charge < -0.3 is 19.9 Å². The van der Waals surface area contributed by atoms with Crippen LogP contribution in [0.5, 0.6) is 0 Å². The smallest absolute Gasteiger partial charge is 0.368 e. The first-order chi connectivity index (χ1) is 18.6. The van der Waals surface area contributed by atoms with E-state index in [0.29, 0.717) is 49.9 Å². The van der Waals surface area contributed by atoms with Crippen molar-refractivity contribution in [2.24, 2.45) is 0 Å². The molecule has 2 aliphatic rings. The van der Waals surface area contributed by atoms with E-state index in [1.807, 2.05) is 4.90 Å². The van der Waals surface area contributed by atoms with Gasteiger partial charge in [-0.25, -0.2) is 4.98 Å². The number of nitrogens with zero attached hydrogens (tertiary/aromatic N) is 6. The van der Waals surface area contributed by atoms with Crippen LogP contribution in [-0.2, 0) is 20.5 Å². The normalized spacial score (nSPS) is 20.5. The Hall–Kier alpha value is -3.32. The summed E-state index contributed by atoms with van der Waals surface area (Å²) in [4.78, 5) is 34.4. The maximum atomic E-state index is 12.9. The fourth-order valence-electron chi connectivity index (χ4n) is 4.67. The van der Waals surface area contributed by atoms with E-state index in [1.54, 1.807) is 14.1 Å². The number of alkyl halides is 3. The number of carbonyl (C=O) groups is 2. The summed E-state index contributed by atoms with van der Waals surface area (Å²) in [6, 6.07) is 4.90. The monoisotopic (exact) mass is 549 g/mol. The van der Waals surface area contributed by atoms with Gasteiger partial charge in [0.1, 0.15) is 6.61 Å². The first-order valence-electron chi connectivity index (χ1n) is 13.0. The zero-order chi connectivity index (χ0) is 28.0. The summed E-state index contributed by atoms with van der Waals surface area (Å²) in [7, 11) is 3.40. The quantitative estimate of drug-likeness (QED) is 0.535. The van der Waals surface area contributed by atoms with Crippen molar-refractivity contribution in [3.63, 3.8) is 0 Å². The van der Waals surface area contributed by atoms with Crippen molar-refractivity contribution >= 4 is 17.8 Å². The Balaban J connectivity index is 1.20. The summed E-state index contributed by atoms with van der Waals surface area (Å²) in [5, 5.41) is 11.2. The van der Waals surface area contributed by atoms with Crippen molar-refractivity contribution in [3.05, 3.63) is 36.0 Å². The Kier molecular flexibility index (Phi) is 9.33. The van der Waals surface area contributed by atoms with Crippen LogP contribution >= 0.6 is 0 Å². The number of halogens is 3. The third-order valence-corrected chi connectivity index (χ3v) is 7.06. The van der Waals surface area contributed by atoms with Gasteiger partial charge in [0.15, 0.2) is 0 Å². The van der Waals surface area contributed by atoms with Gasteiger partial charge >= 0.3 is 6.18 Å². The molecular weight excluding hydrogens is 515 g/mol. The van der Waals surface area contributed by atoms with Crippen molar-refractivity contribution < 1.29 is 27.5 Å². The molecule has 1 N–H and O–H groups in total. The van der Waals surface area contributed by atoms with Crippen LogP contribution in [0.25, 0.3) is 11.3 Å². The number of aromatic nitrogens is 3. The molecule has 0 radical (unpaired) electrons. The lowest BCUT2D eigenvalue weighted by Crippen LogP contribution is -2.51. The van der Waals surface area contributed by atoms with Crippen molar-refractivity contribution in [1.82, 2.24) is 30.3 Å². The van der Waals surface area contributed by atoms with E-state index >= 15 is 0 Å². The predicted molar refractivity (Wildman–Crippen MR) is 138 cm³/mol. The summed E-state index contributed by atoms with van der Waals surface area (Å²) >= 11 is 0. The highest BCUT2D eigenvalue weighted by molar-refractivity contribution is 5.78. The van der Waals surface area contributed by atoms with E-state index < -0.39 is 11.7 Å². The van der Waals surface area contributed by atoms with Crippen LogP contribution in [0, 0.1) is 0 Å². The van der Waals surface area contributed by atoms with E-state index in [4.69, 9.17) is 4.74 Å². The standard InChI is InChI=1S/C26H34F3N7O3/c1-34(2)24(38)17-39-21-9-7-20(8-10-21)31-23(37)16-35-11-13-36(14-12-35)25-32-22(15-30-33-25)18-3-5-19(6-4-18)26(27,28)29/h3-6,15,20-21H,7-14,16-17H2,1-2H3,(H,31,37)/t20-,21-. The minimum atomic E-state index is -4.40. The number of ether oxygens (including phenoxy) is 1. The number of anilines is 1. The SMILES string of the molecule is CN(C)C(=O)CO[C@H]1CC[C@H](NC(=O)CN2CCN(c3nncc(-c4ccc(C(F)(F)F)cc4)n3)CC2)CC1. The van der Waals surface area contributed by atoms with Gasteiger partial charge in [0.2, 0.25) is 17.8 Å². The number of hydrogen-bond donors (Lipinski definition) is 1. The summed E-state index contributed by atoms with van der Waals surface area (Å²) in [6.45, 7) is 2.86. The van der Waals surface area contributed by atoms with E-state index in [2.05, 4.69) is 25.4 Å². The number of hydrogen-bond acceptors (Lipinski definition) is 8. The molecule has 0 spiro atoms. The number of likely N-dealkylation sites (N-methyl/N-ethyl adjacent to an activating group) is 1. The Morgan fingerprint density at radius 3 is 2.33 bits per heavy atom. The Morgan fingerprint density at radius 1 is 1.05 bits per heavy atom. The third-order valence-electron chi connectivity index (χ3n) is 7.06. The zero-order valence-electron chi connectivity index (χ0n) is 22.2. The number of nitrogens with one attached hydrogen (secondary N) is 1. The molecule has 1 saturated carbocycles. The lowest BCUT2D eigenvalue weighted by molar-refractivity contribution is -0.138. The molecule has 10 nitrogen and oxygen atoms in total. The van der Waals surface area contributed by atoms with Crippen LogP contribution in [0.15, 0.2) is 30.5 Å². The highest BCUT2D eigenvalue weighted by Crippen LogP contribution is 2.30. The number of piperazine rings is 1. The van der Waals surface area contributed by atoms with Gasteiger partial charge in [-0.3, -0.25) is 14.5 Å². The van der Waals surface area contributed by atoms with E-state index in [9.17, 15) is 22.8 Å². The summed E-state index contributed by atoms with van der Waals surface area (Å²) in [5.74, 6) is 0.334. The molecule has 0 unspecified atom stereocenters. The fourth-order valence-corrected chi connectivity index (χ4v) is 4.67. The fraction of sp³-hybridized carbons (Fsp3) is 0.577. The maximum absolute atomic E-state index is 12.9. The highest BCUT2D eigenvalue weighted by atomic mass is 19.4. The number of benzene rings is 1. The molecule has 2 amide bonds. The molecule has 4 rings (SSSR count). The molecule has 2 aromatic rings. The predicted octanol–water partition coefficient (Wildman–Crippen LogP) is 2.21. The number of carbonyl (C=O) groups excluding carboxylic acids is 2. The number of amides is 2. The van der Waals surface area contributed by atoms with Crippen LogP contribution in [0.2, 0.25) is 0 Å². The summed E-state index contributed by atoms with van der Waals surface area (Å²) in [5.41, 5.74) is 0.251. The summed E-state index contributed by atoms with van der Waals surface area (Å²) < 4.78 is 44.3. The van der Waals surface area contributed by atoms with Gasteiger partial charge in [0, 0.05) is 51.9 Å². The van der Waals surface area contributed by atoms with Gasteiger partial charge in [-0.05, 0) is 37.8 Å². The van der Waals surface area contributed by atoms with Crippen LogP contribution in [-0.4, -0.2) is 102 Å². The van der Waals surface area contributed by atoms with Crippen LogP contribution in [0.4, 0.5) is 19.1 Å². The van der Waals surface area contributed by atoms with E-state index in [0.717, 1.165) is 37.8 Å². The van der Waals surface area contributed by atoms with Crippen molar-refractivity contribution in [3.8, 4) is 11.3 Å². The first kappa shape index (κ1) is 28.7. The number of rotatable bonds is 8. The molecule has 1 saturated heterocycles. The molecular formula is C26H34F3N7O3.